The molecule has 1 aromatic heterocycles. The molecule has 6 nitrogen and oxygen atoms in total. The number of benzene rings is 1. The van der Waals surface area contributed by atoms with Gasteiger partial charge in [-0.2, -0.15) is 0 Å². The smallest absolute Gasteiger partial charge is 0.255 e. The molecule has 2 amide bonds. The van der Waals surface area contributed by atoms with Gasteiger partial charge in [-0.15, -0.1) is 0 Å². The number of fused-ring (bicyclic) bond motifs is 1. The van der Waals surface area contributed by atoms with Crippen molar-refractivity contribution in [2.24, 2.45) is 5.73 Å². The van der Waals surface area contributed by atoms with Gasteiger partial charge in [-0.1, -0.05) is 26.8 Å². The van der Waals surface area contributed by atoms with Crippen molar-refractivity contribution in [1.29, 1.82) is 0 Å². The van der Waals surface area contributed by atoms with Gasteiger partial charge in [0.1, 0.15) is 0 Å². The fourth-order valence-corrected chi connectivity index (χ4v) is 3.54. The minimum Gasteiger partial charge on any atom is -0.369 e. The summed E-state index contributed by atoms with van der Waals surface area (Å²) in [5.74, 6) is 0.130. The summed E-state index contributed by atoms with van der Waals surface area (Å²) in [4.78, 5) is 30.2. The maximum atomic E-state index is 12.7. The molecule has 27 heavy (non-hydrogen) atoms. The molecule has 1 aliphatic heterocycles. The van der Waals surface area contributed by atoms with Gasteiger partial charge in [0, 0.05) is 24.8 Å². The number of nitrogens with one attached hydrogen (secondary N) is 1. The van der Waals surface area contributed by atoms with Gasteiger partial charge >= 0.3 is 0 Å². The first-order valence-electron chi connectivity index (χ1n) is 9.23. The number of primary amides is 1. The van der Waals surface area contributed by atoms with Crippen molar-refractivity contribution >= 4 is 17.5 Å². The SMILES string of the molecule is CC(C)c1cncc(NC(=O)c2ccc3c(c2)CN(CC(N)=O)CC3C)c1. The van der Waals surface area contributed by atoms with Gasteiger partial charge in [0.2, 0.25) is 5.91 Å². The summed E-state index contributed by atoms with van der Waals surface area (Å²) in [5, 5.41) is 2.93. The Labute approximate surface area is 159 Å². The molecule has 0 saturated heterocycles. The van der Waals surface area contributed by atoms with Crippen LogP contribution in [0.1, 0.15) is 59.7 Å². The number of amides is 2. The van der Waals surface area contributed by atoms with E-state index in [2.05, 4.69) is 31.1 Å². The molecule has 3 N–H and O–H groups in total. The van der Waals surface area contributed by atoms with Crippen molar-refractivity contribution in [3.8, 4) is 0 Å². The molecule has 6 heteroatoms. The van der Waals surface area contributed by atoms with Gasteiger partial charge in [-0.3, -0.25) is 19.5 Å². The first-order chi connectivity index (χ1) is 12.8. The van der Waals surface area contributed by atoms with E-state index in [0.717, 1.165) is 17.7 Å². The van der Waals surface area contributed by atoms with Crippen LogP contribution >= 0.6 is 0 Å². The second kappa shape index (κ2) is 7.88. The molecule has 1 aliphatic rings. The molecule has 1 aromatic carbocycles. The summed E-state index contributed by atoms with van der Waals surface area (Å²) in [6.07, 6.45) is 3.47. The zero-order valence-corrected chi connectivity index (χ0v) is 16.0. The molecular weight excluding hydrogens is 340 g/mol. The Morgan fingerprint density at radius 2 is 2.07 bits per heavy atom. The number of carbonyl (C=O) groups excluding carboxylic acids is 2. The van der Waals surface area contributed by atoms with Gasteiger partial charge in [0.25, 0.3) is 5.91 Å². The molecule has 1 atom stereocenters. The van der Waals surface area contributed by atoms with E-state index in [0.29, 0.717) is 23.7 Å². The molecular formula is C21H26N4O2. The number of hydrogen-bond acceptors (Lipinski definition) is 4. The van der Waals surface area contributed by atoms with E-state index in [-0.39, 0.29) is 24.3 Å². The van der Waals surface area contributed by atoms with Crippen LogP contribution in [0.2, 0.25) is 0 Å². The van der Waals surface area contributed by atoms with Crippen LogP contribution in [0.4, 0.5) is 5.69 Å². The van der Waals surface area contributed by atoms with Gasteiger partial charge in [-0.25, -0.2) is 0 Å². The van der Waals surface area contributed by atoms with Crippen LogP contribution < -0.4 is 11.1 Å². The van der Waals surface area contributed by atoms with Crippen LogP contribution in [0.15, 0.2) is 36.7 Å². The topological polar surface area (TPSA) is 88.3 Å². The zero-order chi connectivity index (χ0) is 19.6. The first kappa shape index (κ1) is 19.0. The maximum absolute atomic E-state index is 12.7. The molecule has 0 fully saturated rings. The van der Waals surface area contributed by atoms with E-state index < -0.39 is 0 Å². The Morgan fingerprint density at radius 3 is 2.78 bits per heavy atom. The molecule has 1 unspecified atom stereocenters. The van der Waals surface area contributed by atoms with E-state index in [9.17, 15) is 9.59 Å². The zero-order valence-electron chi connectivity index (χ0n) is 16.0. The third-order valence-electron chi connectivity index (χ3n) is 4.93. The highest BCUT2D eigenvalue weighted by Gasteiger charge is 2.24. The van der Waals surface area contributed by atoms with Crippen molar-refractivity contribution in [1.82, 2.24) is 9.88 Å². The third kappa shape index (κ3) is 4.52. The van der Waals surface area contributed by atoms with Gasteiger partial charge in [-0.05, 0) is 46.7 Å². The van der Waals surface area contributed by atoms with Gasteiger partial charge in [0.05, 0.1) is 18.4 Å². The fourth-order valence-electron chi connectivity index (χ4n) is 3.54. The Morgan fingerprint density at radius 1 is 1.30 bits per heavy atom. The molecule has 0 bridgehead atoms. The first-order valence-corrected chi connectivity index (χ1v) is 9.23. The molecule has 2 aromatic rings. The summed E-state index contributed by atoms with van der Waals surface area (Å²) in [6, 6.07) is 7.73. The van der Waals surface area contributed by atoms with Crippen LogP contribution in [0.3, 0.4) is 0 Å². The highest BCUT2D eigenvalue weighted by Crippen LogP contribution is 2.29. The lowest BCUT2D eigenvalue weighted by molar-refractivity contribution is -0.119. The van der Waals surface area contributed by atoms with E-state index in [1.54, 1.807) is 6.20 Å². The fraction of sp³-hybridized carbons (Fsp3) is 0.381. The average molecular weight is 366 g/mol. The Bertz CT molecular complexity index is 863. The van der Waals surface area contributed by atoms with Gasteiger partial charge < -0.3 is 11.1 Å². The Kier molecular flexibility index (Phi) is 5.56. The molecule has 2 heterocycles. The highest BCUT2D eigenvalue weighted by atomic mass is 16.2. The molecule has 0 saturated carbocycles. The van der Waals surface area contributed by atoms with E-state index in [1.165, 1.54) is 5.56 Å². The van der Waals surface area contributed by atoms with Crippen LogP contribution in [0, 0.1) is 0 Å². The number of nitrogens with two attached hydrogens (primary N) is 1. The van der Waals surface area contributed by atoms with Crippen LogP contribution in [0.5, 0.6) is 0 Å². The largest absolute Gasteiger partial charge is 0.369 e. The number of pyridine rings is 1. The summed E-state index contributed by atoms with van der Waals surface area (Å²) in [5.41, 5.74) is 9.98. The average Bonchev–Trinajstić information content (AvgIpc) is 2.60. The molecule has 142 valence electrons. The third-order valence-corrected chi connectivity index (χ3v) is 4.93. The van der Waals surface area contributed by atoms with Crippen LogP contribution in [-0.4, -0.2) is 34.8 Å². The highest BCUT2D eigenvalue weighted by molar-refractivity contribution is 6.04. The minimum atomic E-state index is -0.336. The Hall–Kier alpha value is -2.73. The van der Waals surface area contributed by atoms with E-state index in [4.69, 9.17) is 5.73 Å². The second-order valence-electron chi connectivity index (χ2n) is 7.57. The van der Waals surface area contributed by atoms with Gasteiger partial charge in [0.15, 0.2) is 0 Å². The van der Waals surface area contributed by atoms with Crippen molar-refractivity contribution in [3.63, 3.8) is 0 Å². The minimum absolute atomic E-state index is 0.166. The monoisotopic (exact) mass is 366 g/mol. The molecule has 0 aliphatic carbocycles. The predicted molar refractivity (Wildman–Crippen MR) is 106 cm³/mol. The standard InChI is InChI=1S/C21H26N4O2/c1-13(2)16-7-18(9-23-8-16)24-21(27)15-4-5-19-14(3)10-25(12-20(22)26)11-17(19)6-15/h4-9,13-14H,10-12H2,1-3H3,(H2,22,26)(H,24,27). The predicted octanol–water partition coefficient (Wildman–Crippen LogP) is 2.86. The van der Waals surface area contributed by atoms with Crippen molar-refractivity contribution < 1.29 is 9.59 Å². The number of carbonyl (C=O) groups is 2. The van der Waals surface area contributed by atoms with Crippen molar-refractivity contribution in [3.05, 3.63) is 58.9 Å². The number of rotatable bonds is 5. The van der Waals surface area contributed by atoms with E-state index in [1.807, 2.05) is 35.4 Å². The van der Waals surface area contributed by atoms with Crippen LogP contribution in [-0.2, 0) is 11.3 Å². The number of anilines is 1. The maximum Gasteiger partial charge on any atom is 0.255 e. The lowest BCUT2D eigenvalue weighted by Crippen LogP contribution is -2.38. The quantitative estimate of drug-likeness (QED) is 0.852. The summed E-state index contributed by atoms with van der Waals surface area (Å²) in [7, 11) is 0. The number of nitrogens with zero attached hydrogens (tertiary/aromatic N) is 2. The second-order valence-corrected chi connectivity index (χ2v) is 7.57. The van der Waals surface area contributed by atoms with Crippen molar-refractivity contribution in [2.45, 2.75) is 39.2 Å². The van der Waals surface area contributed by atoms with Crippen molar-refractivity contribution in [2.75, 3.05) is 18.4 Å². The summed E-state index contributed by atoms with van der Waals surface area (Å²) >= 11 is 0. The normalized spacial score (nSPS) is 16.8. The van der Waals surface area contributed by atoms with E-state index >= 15 is 0 Å². The molecule has 3 rings (SSSR count). The lowest BCUT2D eigenvalue weighted by Gasteiger charge is -2.32. The summed E-state index contributed by atoms with van der Waals surface area (Å²) < 4.78 is 0. The lowest BCUT2D eigenvalue weighted by atomic mass is 9.89. The number of hydrogen-bond donors (Lipinski definition) is 2. The molecule has 0 spiro atoms. The number of aromatic nitrogens is 1. The summed E-state index contributed by atoms with van der Waals surface area (Å²) in [6.45, 7) is 7.93. The Balaban J connectivity index is 1.79. The van der Waals surface area contributed by atoms with Crippen LogP contribution in [0.25, 0.3) is 0 Å². The molecule has 0 radical (unpaired) electrons.